The van der Waals surface area contributed by atoms with Gasteiger partial charge in [0, 0.05) is 37.4 Å². The van der Waals surface area contributed by atoms with E-state index in [9.17, 15) is 4.79 Å². The molecule has 1 aromatic carbocycles. The number of piperidine rings is 1. The second kappa shape index (κ2) is 9.85. The predicted octanol–water partition coefficient (Wildman–Crippen LogP) is 4.39. The van der Waals surface area contributed by atoms with Crippen LogP contribution >= 0.6 is 0 Å². The zero-order chi connectivity index (χ0) is 26.2. The molecule has 1 fully saturated rings. The van der Waals surface area contributed by atoms with Crippen LogP contribution in [0.4, 0.5) is 10.1 Å². The number of aromatic nitrogens is 5. The van der Waals surface area contributed by atoms with E-state index in [4.69, 9.17) is 4.99 Å². The van der Waals surface area contributed by atoms with Gasteiger partial charge in [0.1, 0.15) is 5.84 Å². The van der Waals surface area contributed by atoms with E-state index in [-0.39, 0.29) is 16.7 Å². The van der Waals surface area contributed by atoms with E-state index in [1.807, 2.05) is 19.9 Å². The molecule has 6 rings (SSSR count). The van der Waals surface area contributed by atoms with Crippen LogP contribution in [-0.2, 0) is 0 Å². The average molecular weight is 513 g/mol. The molecule has 194 valence electrons. The smallest absolute Gasteiger partial charge is 0.211 e. The summed E-state index contributed by atoms with van der Waals surface area (Å²) in [6.45, 7) is 7.04. The molecule has 2 aliphatic rings. The fourth-order valence-electron chi connectivity index (χ4n) is 5.63. The summed E-state index contributed by atoms with van der Waals surface area (Å²) in [7, 11) is 0. The molecule has 1 N–H and O–H groups in total. The molecule has 0 aliphatic carbocycles. The number of hydrogen-bond donors (Lipinski definition) is 1. The van der Waals surface area contributed by atoms with Crippen molar-refractivity contribution in [3.63, 3.8) is 0 Å². The van der Waals surface area contributed by atoms with E-state index >= 15 is 4.39 Å². The van der Waals surface area contributed by atoms with E-state index in [0.717, 1.165) is 56.6 Å². The van der Waals surface area contributed by atoms with Gasteiger partial charge in [-0.2, -0.15) is 0 Å². The maximum atomic E-state index is 15.0. The largest absolute Gasteiger partial charge is 0.368 e. The van der Waals surface area contributed by atoms with Gasteiger partial charge < -0.3 is 14.8 Å². The number of rotatable bonds is 6. The van der Waals surface area contributed by atoms with Gasteiger partial charge in [-0.25, -0.2) is 14.1 Å². The summed E-state index contributed by atoms with van der Waals surface area (Å²) >= 11 is 0. The summed E-state index contributed by atoms with van der Waals surface area (Å²) in [5, 5.41) is 7.99. The van der Waals surface area contributed by atoms with E-state index in [1.165, 1.54) is 16.6 Å². The number of fused-ring (bicyclic) bond motifs is 1. The third-order valence-corrected chi connectivity index (χ3v) is 7.33. The van der Waals surface area contributed by atoms with E-state index < -0.39 is 5.82 Å². The number of nitrogens with zero attached hydrogens (tertiary/aromatic N) is 7. The number of aromatic amines is 1. The average Bonchev–Trinajstić information content (AvgIpc) is 3.71. The van der Waals surface area contributed by atoms with Crippen molar-refractivity contribution in [1.29, 1.82) is 0 Å². The highest BCUT2D eigenvalue weighted by molar-refractivity contribution is 6.17. The van der Waals surface area contributed by atoms with Crippen LogP contribution in [0.15, 0.2) is 71.4 Å². The number of H-pyrrole nitrogens is 1. The molecule has 0 amide bonds. The minimum absolute atomic E-state index is 0.201. The zero-order valence-corrected chi connectivity index (χ0v) is 21.4. The Bertz CT molecular complexity index is 1530. The molecule has 3 aromatic heterocycles. The number of carbonyl (C=O) groups is 1. The molecular weight excluding hydrogens is 483 g/mol. The van der Waals surface area contributed by atoms with Crippen molar-refractivity contribution in [2.45, 2.75) is 26.7 Å². The van der Waals surface area contributed by atoms with Crippen LogP contribution in [0.1, 0.15) is 37.0 Å². The van der Waals surface area contributed by atoms with Crippen LogP contribution in [0.5, 0.6) is 0 Å². The number of pyridine rings is 1. The Morgan fingerprint density at radius 3 is 2.61 bits per heavy atom. The molecule has 0 radical (unpaired) electrons. The first-order valence-corrected chi connectivity index (χ1v) is 12.9. The summed E-state index contributed by atoms with van der Waals surface area (Å²) in [6, 6.07) is 10.4. The van der Waals surface area contributed by atoms with Crippen LogP contribution in [0, 0.1) is 11.7 Å². The number of carbonyl (C=O) groups excluding carboxylic acids is 1. The molecule has 1 saturated heterocycles. The fraction of sp³-hybridized carbons (Fsp3) is 0.321. The number of amidine groups is 1. The molecule has 0 bridgehead atoms. The number of allylic oxidation sites excluding steroid dienone is 2. The monoisotopic (exact) mass is 512 g/mol. The first-order valence-electron chi connectivity index (χ1n) is 12.9. The number of aliphatic imine (C=N–C) groups is 1. The van der Waals surface area contributed by atoms with Crippen LogP contribution in [0.2, 0.25) is 0 Å². The lowest BCUT2D eigenvalue weighted by Crippen LogP contribution is -2.42. The molecule has 38 heavy (non-hydrogen) atoms. The number of anilines is 1. The van der Waals surface area contributed by atoms with Crippen molar-refractivity contribution in [2.75, 3.05) is 31.1 Å². The number of halogens is 1. The molecule has 0 saturated carbocycles. The number of Topliss-reactive ketones (excluding diaryl/α,β-unsaturated/α-hetero) is 1. The third kappa shape index (κ3) is 4.15. The molecular formula is C28H29FN8O. The van der Waals surface area contributed by atoms with Crippen molar-refractivity contribution < 1.29 is 9.18 Å². The standard InChI is InChI=1S/C28H29FN8O/c1-18(2)25(26(38)21-16-31-24-23(21)22(29)17-32-28(24)37-15-11-33-34-37)35-12-8-19(9-13-35)27-30-10-14-36(27)20-6-4-3-5-7-20/h3-7,11,15-17,19,31H,8-10,12-14H2,1-2H3. The van der Waals surface area contributed by atoms with Crippen LogP contribution in [0.25, 0.3) is 16.7 Å². The summed E-state index contributed by atoms with van der Waals surface area (Å²) in [4.78, 5) is 30.5. The highest BCUT2D eigenvalue weighted by atomic mass is 19.1. The van der Waals surface area contributed by atoms with Gasteiger partial charge in [0.25, 0.3) is 0 Å². The number of ketones is 1. The second-order valence-corrected chi connectivity index (χ2v) is 9.90. The van der Waals surface area contributed by atoms with Gasteiger partial charge >= 0.3 is 0 Å². The lowest BCUT2D eigenvalue weighted by Gasteiger charge is -2.37. The van der Waals surface area contributed by atoms with Crippen LogP contribution < -0.4 is 4.90 Å². The summed E-state index contributed by atoms with van der Waals surface area (Å²) in [5.41, 5.74) is 3.39. The Hall–Kier alpha value is -4.34. The van der Waals surface area contributed by atoms with Gasteiger partial charge in [0.2, 0.25) is 5.78 Å². The molecule has 4 aromatic rings. The highest BCUT2D eigenvalue weighted by Gasteiger charge is 2.33. The maximum absolute atomic E-state index is 15.0. The molecule has 2 aliphatic heterocycles. The van der Waals surface area contributed by atoms with Crippen molar-refractivity contribution in [1.82, 2.24) is 29.9 Å². The molecule has 10 heteroatoms. The summed E-state index contributed by atoms with van der Waals surface area (Å²) in [6.07, 6.45) is 7.63. The highest BCUT2D eigenvalue weighted by Crippen LogP contribution is 2.32. The van der Waals surface area contributed by atoms with Gasteiger partial charge in [-0.3, -0.25) is 9.79 Å². The minimum Gasteiger partial charge on any atom is -0.368 e. The Balaban J connectivity index is 1.24. The van der Waals surface area contributed by atoms with Crippen LogP contribution in [0.3, 0.4) is 0 Å². The van der Waals surface area contributed by atoms with Crippen molar-refractivity contribution in [3.8, 4) is 5.82 Å². The number of para-hydroxylation sites is 1. The maximum Gasteiger partial charge on any atom is 0.211 e. The fourth-order valence-corrected chi connectivity index (χ4v) is 5.63. The van der Waals surface area contributed by atoms with Gasteiger partial charge in [-0.05, 0) is 44.4 Å². The zero-order valence-electron chi connectivity index (χ0n) is 21.4. The van der Waals surface area contributed by atoms with Gasteiger partial charge in [0.15, 0.2) is 11.6 Å². The van der Waals surface area contributed by atoms with E-state index in [0.29, 0.717) is 22.9 Å². The Morgan fingerprint density at radius 1 is 1.11 bits per heavy atom. The second-order valence-electron chi connectivity index (χ2n) is 9.90. The van der Waals surface area contributed by atoms with E-state index in [2.05, 4.69) is 54.3 Å². The SMILES string of the molecule is CC(C)=C(C(=O)c1c[nH]c2c(-n3ccnn3)ncc(F)c12)N1CCC(C2=NCCN2c2ccccc2)CC1. The lowest BCUT2D eigenvalue weighted by atomic mass is 9.93. The Kier molecular flexibility index (Phi) is 6.22. The van der Waals surface area contributed by atoms with E-state index in [1.54, 1.807) is 12.4 Å². The molecule has 9 nitrogen and oxygen atoms in total. The minimum atomic E-state index is -0.555. The molecule has 0 unspecified atom stereocenters. The Labute approximate surface area is 219 Å². The first-order chi connectivity index (χ1) is 18.5. The van der Waals surface area contributed by atoms with Gasteiger partial charge in [0.05, 0.1) is 47.3 Å². The quantitative estimate of drug-likeness (QED) is 0.304. The van der Waals surface area contributed by atoms with Crippen molar-refractivity contribution in [3.05, 3.63) is 77.8 Å². The molecule has 0 spiro atoms. The molecule has 5 heterocycles. The Morgan fingerprint density at radius 2 is 1.89 bits per heavy atom. The number of benzene rings is 1. The summed E-state index contributed by atoms with van der Waals surface area (Å²) in [5.74, 6) is 1.11. The predicted molar refractivity (Wildman–Crippen MR) is 144 cm³/mol. The summed E-state index contributed by atoms with van der Waals surface area (Å²) < 4.78 is 16.5. The topological polar surface area (TPSA) is 95.3 Å². The first kappa shape index (κ1) is 24.0. The van der Waals surface area contributed by atoms with Crippen molar-refractivity contribution >= 4 is 28.2 Å². The normalized spacial score (nSPS) is 16.2. The number of likely N-dealkylation sites (tertiary alicyclic amines) is 1. The third-order valence-electron chi connectivity index (χ3n) is 7.33. The van der Waals surface area contributed by atoms with Gasteiger partial charge in [-0.1, -0.05) is 23.4 Å². The number of nitrogens with one attached hydrogen (secondary N) is 1. The van der Waals surface area contributed by atoms with Crippen molar-refractivity contribution in [2.24, 2.45) is 10.9 Å². The van der Waals surface area contributed by atoms with Gasteiger partial charge in [-0.15, -0.1) is 5.10 Å². The lowest BCUT2D eigenvalue weighted by molar-refractivity contribution is 0.0978. The van der Waals surface area contributed by atoms with Crippen LogP contribution in [-0.4, -0.2) is 67.7 Å². The molecule has 0 atom stereocenters. The number of hydrogen-bond acceptors (Lipinski definition) is 7.